The number of rotatable bonds is 5. The van der Waals surface area contributed by atoms with E-state index in [4.69, 9.17) is 4.74 Å². The molecule has 158 valence electrons. The van der Waals surface area contributed by atoms with Crippen LogP contribution in [-0.4, -0.2) is 59.0 Å². The van der Waals surface area contributed by atoms with Crippen LogP contribution in [-0.2, 0) is 6.54 Å². The van der Waals surface area contributed by atoms with Crippen molar-refractivity contribution in [3.63, 3.8) is 0 Å². The Hall–Kier alpha value is -3.09. The van der Waals surface area contributed by atoms with E-state index >= 15 is 0 Å². The third-order valence-electron chi connectivity index (χ3n) is 5.64. The number of likely N-dealkylation sites (tertiary alicyclic amines) is 2. The molecule has 1 aromatic heterocycles. The van der Waals surface area contributed by atoms with Crippen LogP contribution < -0.4 is 10.1 Å². The third kappa shape index (κ3) is 4.90. The minimum absolute atomic E-state index is 0.0201. The fourth-order valence-electron chi connectivity index (χ4n) is 3.97. The lowest BCUT2D eigenvalue weighted by atomic mass is 10.1. The van der Waals surface area contributed by atoms with Crippen molar-refractivity contribution in [2.75, 3.05) is 26.2 Å². The zero-order valence-electron chi connectivity index (χ0n) is 17.1. The predicted molar refractivity (Wildman–Crippen MR) is 113 cm³/mol. The van der Waals surface area contributed by atoms with Crippen molar-refractivity contribution in [2.45, 2.75) is 38.3 Å². The van der Waals surface area contributed by atoms with Crippen molar-refractivity contribution in [3.8, 4) is 5.88 Å². The Labute approximate surface area is 177 Å². The maximum Gasteiger partial charge on any atom is 0.317 e. The fourth-order valence-corrected chi connectivity index (χ4v) is 3.97. The highest BCUT2D eigenvalue weighted by Gasteiger charge is 2.30. The summed E-state index contributed by atoms with van der Waals surface area (Å²) in [5.74, 6) is 0.345. The minimum Gasteiger partial charge on any atom is -0.472 e. The number of hydrogen-bond acceptors (Lipinski definition) is 4. The first-order valence-electron chi connectivity index (χ1n) is 10.7. The molecule has 2 aliphatic heterocycles. The molecule has 3 heterocycles. The summed E-state index contributed by atoms with van der Waals surface area (Å²) in [6, 6.07) is 13.3. The quantitative estimate of drug-likeness (QED) is 0.825. The van der Waals surface area contributed by atoms with Crippen LogP contribution in [0.4, 0.5) is 4.79 Å². The molecule has 4 rings (SSSR count). The molecule has 0 spiro atoms. The maximum atomic E-state index is 12.9. The number of carbonyl (C=O) groups excluding carboxylic acids is 2. The molecule has 1 unspecified atom stereocenters. The molecule has 7 nitrogen and oxygen atoms in total. The van der Waals surface area contributed by atoms with Crippen LogP contribution >= 0.6 is 0 Å². The molecule has 2 aromatic rings. The molecule has 7 heteroatoms. The molecule has 0 saturated carbocycles. The SMILES string of the molecule is O=C(NCc1ccccc1)N1CCC(Oc2ncccc2C(=O)N2CCCCC2)C1. The monoisotopic (exact) mass is 408 g/mol. The largest absolute Gasteiger partial charge is 0.472 e. The number of hydrogen-bond donors (Lipinski definition) is 1. The van der Waals surface area contributed by atoms with Crippen molar-refractivity contribution < 1.29 is 14.3 Å². The van der Waals surface area contributed by atoms with Crippen molar-refractivity contribution >= 4 is 11.9 Å². The van der Waals surface area contributed by atoms with E-state index in [1.165, 1.54) is 6.42 Å². The summed E-state index contributed by atoms with van der Waals surface area (Å²) in [5, 5.41) is 2.95. The predicted octanol–water partition coefficient (Wildman–Crippen LogP) is 3.07. The van der Waals surface area contributed by atoms with Gasteiger partial charge in [-0.15, -0.1) is 0 Å². The molecule has 1 N–H and O–H groups in total. The second kappa shape index (κ2) is 9.61. The van der Waals surface area contributed by atoms with E-state index in [1.807, 2.05) is 35.2 Å². The molecule has 1 aromatic carbocycles. The van der Waals surface area contributed by atoms with Gasteiger partial charge >= 0.3 is 6.03 Å². The molecule has 2 aliphatic rings. The third-order valence-corrected chi connectivity index (χ3v) is 5.64. The van der Waals surface area contributed by atoms with Gasteiger partial charge in [-0.3, -0.25) is 4.79 Å². The zero-order valence-corrected chi connectivity index (χ0v) is 17.1. The highest BCUT2D eigenvalue weighted by atomic mass is 16.5. The number of ether oxygens (including phenoxy) is 1. The van der Waals surface area contributed by atoms with Gasteiger partial charge < -0.3 is 19.9 Å². The van der Waals surface area contributed by atoms with Crippen LogP contribution in [0.15, 0.2) is 48.7 Å². The summed E-state index contributed by atoms with van der Waals surface area (Å²) in [6.07, 6.45) is 5.43. The Morgan fingerprint density at radius 2 is 1.80 bits per heavy atom. The van der Waals surface area contributed by atoms with Gasteiger partial charge in [0.15, 0.2) is 0 Å². The highest BCUT2D eigenvalue weighted by Crippen LogP contribution is 2.23. The van der Waals surface area contributed by atoms with Crippen LogP contribution in [0.2, 0.25) is 0 Å². The zero-order chi connectivity index (χ0) is 20.8. The smallest absolute Gasteiger partial charge is 0.317 e. The number of urea groups is 1. The van der Waals surface area contributed by atoms with Crippen LogP contribution in [0.3, 0.4) is 0 Å². The van der Waals surface area contributed by atoms with Gasteiger partial charge in [-0.05, 0) is 37.0 Å². The molecule has 0 radical (unpaired) electrons. The van der Waals surface area contributed by atoms with E-state index in [-0.39, 0.29) is 18.0 Å². The molecule has 0 aliphatic carbocycles. The number of nitrogens with one attached hydrogen (secondary N) is 1. The van der Waals surface area contributed by atoms with Gasteiger partial charge in [0.1, 0.15) is 11.7 Å². The van der Waals surface area contributed by atoms with Crippen LogP contribution in [0.25, 0.3) is 0 Å². The average molecular weight is 409 g/mol. The molecule has 30 heavy (non-hydrogen) atoms. The van der Waals surface area contributed by atoms with Gasteiger partial charge in [-0.1, -0.05) is 30.3 Å². The molecule has 3 amide bonds. The fraction of sp³-hybridized carbons (Fsp3) is 0.435. The number of nitrogens with zero attached hydrogens (tertiary/aromatic N) is 3. The lowest BCUT2D eigenvalue weighted by Gasteiger charge is -2.27. The summed E-state index contributed by atoms with van der Waals surface area (Å²) in [5.41, 5.74) is 1.57. The van der Waals surface area contributed by atoms with E-state index in [1.54, 1.807) is 23.2 Å². The molecule has 2 fully saturated rings. The number of pyridine rings is 1. The Morgan fingerprint density at radius 3 is 2.60 bits per heavy atom. The molecular weight excluding hydrogens is 380 g/mol. The van der Waals surface area contributed by atoms with Crippen molar-refractivity contribution in [1.82, 2.24) is 20.1 Å². The van der Waals surface area contributed by atoms with Crippen LogP contribution in [0, 0.1) is 0 Å². The normalized spacial score (nSPS) is 18.9. The number of carbonyl (C=O) groups is 2. The first-order valence-corrected chi connectivity index (χ1v) is 10.7. The molecular formula is C23H28N4O3. The maximum absolute atomic E-state index is 12.9. The Morgan fingerprint density at radius 1 is 1.00 bits per heavy atom. The second-order valence-electron chi connectivity index (χ2n) is 7.83. The highest BCUT2D eigenvalue weighted by molar-refractivity contribution is 5.96. The second-order valence-corrected chi connectivity index (χ2v) is 7.83. The Kier molecular flexibility index (Phi) is 6.47. The van der Waals surface area contributed by atoms with Crippen LogP contribution in [0.1, 0.15) is 41.6 Å². The first-order chi connectivity index (χ1) is 14.7. The minimum atomic E-state index is -0.171. The van der Waals surface area contributed by atoms with Crippen LogP contribution in [0.5, 0.6) is 5.88 Å². The number of aromatic nitrogens is 1. The number of piperidine rings is 1. The van der Waals surface area contributed by atoms with Gasteiger partial charge in [0.05, 0.1) is 6.54 Å². The van der Waals surface area contributed by atoms with Gasteiger partial charge in [0.2, 0.25) is 5.88 Å². The van der Waals surface area contributed by atoms with E-state index in [0.717, 1.165) is 31.5 Å². The van der Waals surface area contributed by atoms with Gasteiger partial charge in [-0.25, -0.2) is 9.78 Å². The molecule has 2 saturated heterocycles. The van der Waals surface area contributed by atoms with Gasteiger partial charge in [0.25, 0.3) is 5.91 Å². The summed E-state index contributed by atoms with van der Waals surface area (Å²) in [4.78, 5) is 33.3. The van der Waals surface area contributed by atoms with Gasteiger partial charge in [0, 0.05) is 38.8 Å². The first kappa shape index (κ1) is 20.2. The lowest BCUT2D eigenvalue weighted by molar-refractivity contribution is 0.0715. The summed E-state index contributed by atoms with van der Waals surface area (Å²) in [7, 11) is 0. The standard InChI is InChI=1S/C23H28N4O3/c28-22(26-13-5-2-6-14-26)20-10-7-12-24-21(20)30-19-11-15-27(17-19)23(29)25-16-18-8-3-1-4-9-18/h1,3-4,7-10,12,19H,2,5-6,11,13-17H2,(H,25,29). The summed E-state index contributed by atoms with van der Waals surface area (Å²) in [6.45, 7) is 3.16. The van der Waals surface area contributed by atoms with Crippen molar-refractivity contribution in [2.24, 2.45) is 0 Å². The molecule has 1 atom stereocenters. The Balaban J connectivity index is 1.33. The Bertz CT molecular complexity index is 868. The average Bonchev–Trinajstić information content (AvgIpc) is 3.27. The van der Waals surface area contributed by atoms with Crippen molar-refractivity contribution in [3.05, 3.63) is 59.8 Å². The van der Waals surface area contributed by atoms with Gasteiger partial charge in [-0.2, -0.15) is 0 Å². The lowest BCUT2D eigenvalue weighted by Crippen LogP contribution is -2.39. The number of amides is 3. The van der Waals surface area contributed by atoms with Crippen molar-refractivity contribution in [1.29, 1.82) is 0 Å². The summed E-state index contributed by atoms with van der Waals surface area (Å²) >= 11 is 0. The summed E-state index contributed by atoms with van der Waals surface area (Å²) < 4.78 is 6.08. The van der Waals surface area contributed by atoms with E-state index in [2.05, 4.69) is 10.3 Å². The number of benzene rings is 1. The van der Waals surface area contributed by atoms with E-state index in [9.17, 15) is 9.59 Å². The molecule has 0 bridgehead atoms. The van der Waals surface area contributed by atoms with E-state index in [0.29, 0.717) is 37.5 Å². The van der Waals surface area contributed by atoms with E-state index < -0.39 is 0 Å². The topological polar surface area (TPSA) is 74.8 Å².